The van der Waals surface area contributed by atoms with Crippen LogP contribution in [0.1, 0.15) is 6.42 Å². The van der Waals surface area contributed by atoms with Crippen LogP contribution in [0.3, 0.4) is 0 Å². The van der Waals surface area contributed by atoms with Crippen LogP contribution in [0, 0.1) is 0 Å². The van der Waals surface area contributed by atoms with E-state index in [1.165, 1.54) is 22.4 Å². The van der Waals surface area contributed by atoms with Crippen molar-refractivity contribution in [3.05, 3.63) is 9.98 Å². The van der Waals surface area contributed by atoms with Gasteiger partial charge in [-0.1, -0.05) is 11.3 Å². The highest BCUT2D eigenvalue weighted by Crippen LogP contribution is 2.24. The summed E-state index contributed by atoms with van der Waals surface area (Å²) in [5.74, 6) is -1.65. The zero-order valence-electron chi connectivity index (χ0n) is 10.7. The first-order valence-electron chi connectivity index (χ1n) is 5.88. The Hall–Kier alpha value is -1.20. The van der Waals surface area contributed by atoms with Crippen LogP contribution in [0.15, 0.2) is 9.98 Å². The molecule has 2 amide bonds. The second-order valence-electron chi connectivity index (χ2n) is 4.46. The molecule has 1 atom stereocenters. The van der Waals surface area contributed by atoms with E-state index in [9.17, 15) is 18.0 Å². The van der Waals surface area contributed by atoms with Crippen molar-refractivity contribution in [3.63, 3.8) is 0 Å². The summed E-state index contributed by atoms with van der Waals surface area (Å²) in [6.45, 7) is -0.0291. The lowest BCUT2D eigenvalue weighted by Crippen LogP contribution is -2.53. The molecule has 0 aromatic carbocycles. The Morgan fingerprint density at radius 3 is 2.86 bits per heavy atom. The summed E-state index contributed by atoms with van der Waals surface area (Å²) in [7, 11) is -3.32. The minimum atomic E-state index is -3.32. The number of hydrogen-bond donors (Lipinski definition) is 2. The number of hydrogen-bond acceptors (Lipinski definition) is 6. The van der Waals surface area contributed by atoms with Gasteiger partial charge in [-0.25, -0.2) is 18.2 Å². The molecule has 2 rings (SSSR count). The molecule has 2 N–H and O–H groups in total. The van der Waals surface area contributed by atoms with E-state index in [0.717, 1.165) is 3.79 Å². The van der Waals surface area contributed by atoms with E-state index in [4.69, 9.17) is 5.11 Å². The standard InChI is InChI=1S/C10H12BrN3O5S2/c11-7-4-12-9(20-7)13-10(17)14-1-2-21(18,19)5-6(14)3-8(15)16/h4,6H,1-3,5H2,(H,15,16)(H,12,13,17). The molecule has 0 spiro atoms. The first-order chi connectivity index (χ1) is 9.77. The maximum atomic E-state index is 12.2. The van der Waals surface area contributed by atoms with Crippen molar-refractivity contribution in [2.24, 2.45) is 0 Å². The van der Waals surface area contributed by atoms with Gasteiger partial charge in [-0.3, -0.25) is 10.1 Å². The summed E-state index contributed by atoms with van der Waals surface area (Å²) >= 11 is 4.42. The first kappa shape index (κ1) is 16.2. The molecule has 1 aromatic heterocycles. The van der Waals surface area contributed by atoms with Gasteiger partial charge in [0.2, 0.25) is 0 Å². The fourth-order valence-electron chi connectivity index (χ4n) is 2.00. The number of halogens is 1. The van der Waals surface area contributed by atoms with Crippen molar-refractivity contribution >= 4 is 54.2 Å². The SMILES string of the molecule is O=C(O)CC1CS(=O)(=O)CCN1C(=O)Nc1ncc(Br)s1. The summed E-state index contributed by atoms with van der Waals surface area (Å²) in [6, 6.07) is -1.41. The van der Waals surface area contributed by atoms with Gasteiger partial charge in [-0.2, -0.15) is 0 Å². The van der Waals surface area contributed by atoms with Crippen molar-refractivity contribution in [2.75, 3.05) is 23.4 Å². The summed E-state index contributed by atoms with van der Waals surface area (Å²) in [5.41, 5.74) is 0. The van der Waals surface area contributed by atoms with Crippen LogP contribution >= 0.6 is 27.3 Å². The number of amides is 2. The third kappa shape index (κ3) is 4.38. The first-order valence-corrected chi connectivity index (χ1v) is 9.31. The topological polar surface area (TPSA) is 117 Å². The highest BCUT2D eigenvalue weighted by molar-refractivity contribution is 9.11. The molecular formula is C10H12BrN3O5S2. The van der Waals surface area contributed by atoms with Crippen molar-refractivity contribution in [2.45, 2.75) is 12.5 Å². The minimum Gasteiger partial charge on any atom is -0.481 e. The molecule has 1 aliphatic heterocycles. The lowest BCUT2D eigenvalue weighted by atomic mass is 10.2. The molecule has 1 aliphatic rings. The molecule has 116 valence electrons. The van der Waals surface area contributed by atoms with Crippen molar-refractivity contribution in [1.82, 2.24) is 9.88 Å². The van der Waals surface area contributed by atoms with Crippen molar-refractivity contribution in [3.8, 4) is 0 Å². The summed E-state index contributed by atoms with van der Waals surface area (Å²) in [5, 5.41) is 11.8. The molecule has 0 bridgehead atoms. The molecule has 0 aliphatic carbocycles. The van der Waals surface area contributed by atoms with Gasteiger partial charge in [-0.05, 0) is 15.9 Å². The lowest BCUT2D eigenvalue weighted by Gasteiger charge is -2.34. The van der Waals surface area contributed by atoms with E-state index in [2.05, 4.69) is 26.2 Å². The zero-order valence-corrected chi connectivity index (χ0v) is 13.9. The Kier molecular flexibility index (Phi) is 4.84. The average molecular weight is 398 g/mol. The molecule has 1 fully saturated rings. The van der Waals surface area contributed by atoms with Gasteiger partial charge < -0.3 is 10.0 Å². The number of urea groups is 1. The minimum absolute atomic E-state index is 0.0291. The fraction of sp³-hybridized carbons (Fsp3) is 0.500. The summed E-state index contributed by atoms with van der Waals surface area (Å²) in [6.07, 6.45) is 1.11. The van der Waals surface area contributed by atoms with Gasteiger partial charge in [0.05, 0.1) is 34.0 Å². The van der Waals surface area contributed by atoms with E-state index in [0.29, 0.717) is 5.13 Å². The van der Waals surface area contributed by atoms with E-state index in [1.807, 2.05) is 0 Å². The number of carboxylic acid groups (broad SMARTS) is 1. The van der Waals surface area contributed by atoms with E-state index >= 15 is 0 Å². The molecule has 11 heteroatoms. The molecule has 21 heavy (non-hydrogen) atoms. The van der Waals surface area contributed by atoms with Crippen LogP contribution < -0.4 is 5.32 Å². The van der Waals surface area contributed by atoms with Crippen molar-refractivity contribution in [1.29, 1.82) is 0 Å². The third-order valence-electron chi connectivity index (χ3n) is 2.89. The number of anilines is 1. The largest absolute Gasteiger partial charge is 0.481 e. The Balaban J connectivity index is 2.11. The second kappa shape index (κ2) is 6.28. The van der Waals surface area contributed by atoms with Gasteiger partial charge in [0.25, 0.3) is 0 Å². The van der Waals surface area contributed by atoms with E-state index in [1.54, 1.807) is 0 Å². The number of aromatic nitrogens is 1. The third-order valence-corrected chi connectivity index (χ3v) is 5.98. The Morgan fingerprint density at radius 2 is 2.29 bits per heavy atom. The summed E-state index contributed by atoms with van der Waals surface area (Å²) in [4.78, 5) is 28.2. The second-order valence-corrected chi connectivity index (χ2v) is 9.10. The van der Waals surface area contributed by atoms with Crippen LogP contribution in [0.25, 0.3) is 0 Å². The van der Waals surface area contributed by atoms with Crippen LogP contribution in [-0.4, -0.2) is 59.5 Å². The summed E-state index contributed by atoms with van der Waals surface area (Å²) < 4.78 is 23.9. The molecule has 1 unspecified atom stereocenters. The van der Waals surface area contributed by atoms with Gasteiger partial charge >= 0.3 is 12.0 Å². The molecular weight excluding hydrogens is 386 g/mol. The number of nitrogens with one attached hydrogen (secondary N) is 1. The number of sulfone groups is 1. The highest BCUT2D eigenvalue weighted by atomic mass is 79.9. The number of thiazole rings is 1. The number of carbonyl (C=O) groups is 2. The molecule has 1 saturated heterocycles. The Labute approximate surface area is 133 Å². The van der Waals surface area contributed by atoms with Crippen molar-refractivity contribution < 1.29 is 23.1 Å². The van der Waals surface area contributed by atoms with E-state index < -0.39 is 34.3 Å². The zero-order chi connectivity index (χ0) is 15.6. The van der Waals surface area contributed by atoms with Gasteiger partial charge in [0.1, 0.15) is 0 Å². The molecule has 8 nitrogen and oxygen atoms in total. The van der Waals surface area contributed by atoms with Crippen LogP contribution in [-0.2, 0) is 14.6 Å². The molecule has 1 aromatic rings. The van der Waals surface area contributed by atoms with Gasteiger partial charge in [0, 0.05) is 6.54 Å². The number of carbonyl (C=O) groups excluding carboxylic acids is 1. The fourth-order valence-corrected chi connectivity index (χ4v) is 4.62. The van der Waals surface area contributed by atoms with E-state index in [-0.39, 0.29) is 18.1 Å². The maximum absolute atomic E-state index is 12.2. The number of aliphatic carboxylic acids is 1. The molecule has 0 radical (unpaired) electrons. The van der Waals surface area contributed by atoms with Gasteiger partial charge in [-0.15, -0.1) is 0 Å². The van der Waals surface area contributed by atoms with Gasteiger partial charge in [0.15, 0.2) is 15.0 Å². The van der Waals surface area contributed by atoms with Crippen LogP contribution in [0.2, 0.25) is 0 Å². The normalized spacial score (nSPS) is 21.0. The Bertz CT molecular complexity index is 659. The average Bonchev–Trinajstić information content (AvgIpc) is 2.72. The number of carboxylic acids is 1. The Morgan fingerprint density at radius 1 is 1.57 bits per heavy atom. The maximum Gasteiger partial charge on any atom is 0.323 e. The molecule has 2 heterocycles. The monoisotopic (exact) mass is 397 g/mol. The molecule has 0 saturated carbocycles. The van der Waals surface area contributed by atoms with Crippen LogP contribution in [0.4, 0.5) is 9.93 Å². The number of nitrogens with zero attached hydrogens (tertiary/aromatic N) is 2. The highest BCUT2D eigenvalue weighted by Gasteiger charge is 2.35. The lowest BCUT2D eigenvalue weighted by molar-refractivity contribution is -0.137. The quantitative estimate of drug-likeness (QED) is 0.785. The van der Waals surface area contributed by atoms with Crippen LogP contribution in [0.5, 0.6) is 0 Å². The smallest absolute Gasteiger partial charge is 0.323 e. The predicted molar refractivity (Wildman–Crippen MR) is 80.2 cm³/mol. The predicted octanol–water partition coefficient (Wildman–Crippen LogP) is 1.01. The number of rotatable bonds is 3.